The van der Waals surface area contributed by atoms with Crippen molar-refractivity contribution in [2.45, 2.75) is 6.61 Å². The number of aromatic amines is 1. The molecule has 0 unspecified atom stereocenters. The predicted molar refractivity (Wildman–Crippen MR) is 112 cm³/mol. The van der Waals surface area contributed by atoms with Crippen LogP contribution in [0.1, 0.15) is 16.1 Å². The second kappa shape index (κ2) is 8.23. The topological polar surface area (TPSA) is 134 Å². The van der Waals surface area contributed by atoms with Crippen molar-refractivity contribution in [2.75, 3.05) is 5.32 Å². The van der Waals surface area contributed by atoms with Gasteiger partial charge in [-0.2, -0.15) is 0 Å². The number of H-pyrrole nitrogens is 1. The minimum absolute atomic E-state index is 0.0353. The number of nitrogens with one attached hydrogen (secondary N) is 2. The van der Waals surface area contributed by atoms with E-state index in [4.69, 9.17) is 0 Å². The number of hydrogen-bond acceptors (Lipinski definition) is 7. The van der Waals surface area contributed by atoms with Crippen LogP contribution in [0.3, 0.4) is 0 Å². The lowest BCUT2D eigenvalue weighted by atomic mass is 10.1. The third-order valence-electron chi connectivity index (χ3n) is 4.35. The van der Waals surface area contributed by atoms with Gasteiger partial charge in [0.1, 0.15) is 17.2 Å². The number of carbonyl (C=O) groups is 1. The number of hydrogen-bond donors (Lipinski definition) is 3. The Morgan fingerprint density at radius 1 is 1.13 bits per heavy atom. The van der Waals surface area contributed by atoms with Gasteiger partial charge in [0.05, 0.1) is 11.5 Å². The molecule has 2 heterocycles. The van der Waals surface area contributed by atoms with Crippen LogP contribution >= 0.6 is 11.3 Å². The lowest BCUT2D eigenvalue weighted by Gasteiger charge is -2.04. The van der Waals surface area contributed by atoms with Crippen LogP contribution in [-0.4, -0.2) is 30.9 Å². The first-order valence-corrected chi connectivity index (χ1v) is 9.69. The Labute approximate surface area is 174 Å². The van der Waals surface area contributed by atoms with Crippen LogP contribution in [0.5, 0.6) is 0 Å². The molecule has 9 nitrogen and oxygen atoms in total. The molecule has 0 atom stereocenters. The molecule has 1 amide bonds. The van der Waals surface area contributed by atoms with Crippen LogP contribution in [0.2, 0.25) is 0 Å². The van der Waals surface area contributed by atoms with Crippen LogP contribution in [0.15, 0.2) is 60.1 Å². The Morgan fingerprint density at radius 2 is 1.83 bits per heavy atom. The smallest absolute Gasteiger partial charge is 0.276 e. The second-order valence-corrected chi connectivity index (χ2v) is 7.15. The quantitative estimate of drug-likeness (QED) is 0.320. The molecule has 10 heteroatoms. The SMILES string of the molecule is O=C(Nc1nccs1)c1[nH]c(-c2ccc([N+](=O)[O-])cc2)nc1-c1ccc(CO)cc1. The number of imidazole rings is 1. The van der Waals surface area contributed by atoms with E-state index >= 15 is 0 Å². The maximum Gasteiger partial charge on any atom is 0.276 e. The van der Waals surface area contributed by atoms with Crippen LogP contribution in [0.25, 0.3) is 22.6 Å². The highest BCUT2D eigenvalue weighted by atomic mass is 32.1. The van der Waals surface area contributed by atoms with Gasteiger partial charge in [0.2, 0.25) is 0 Å². The molecule has 0 aliphatic carbocycles. The van der Waals surface area contributed by atoms with E-state index in [-0.39, 0.29) is 18.0 Å². The highest BCUT2D eigenvalue weighted by molar-refractivity contribution is 7.13. The largest absolute Gasteiger partial charge is 0.392 e. The van der Waals surface area contributed by atoms with Crippen LogP contribution in [0, 0.1) is 10.1 Å². The lowest BCUT2D eigenvalue weighted by Crippen LogP contribution is -2.13. The van der Waals surface area contributed by atoms with Crippen molar-refractivity contribution in [1.82, 2.24) is 15.0 Å². The predicted octanol–water partition coefficient (Wildman–Crippen LogP) is 3.85. The molecule has 2 aromatic heterocycles. The van der Waals surface area contributed by atoms with Gasteiger partial charge in [-0.15, -0.1) is 11.3 Å². The van der Waals surface area contributed by atoms with Crippen molar-refractivity contribution in [3.05, 3.63) is 81.5 Å². The molecule has 4 aromatic rings. The number of nitro benzene ring substituents is 1. The summed E-state index contributed by atoms with van der Waals surface area (Å²) in [7, 11) is 0. The molecular formula is C20H15N5O4S. The molecule has 3 N–H and O–H groups in total. The maximum atomic E-state index is 12.9. The lowest BCUT2D eigenvalue weighted by molar-refractivity contribution is -0.384. The summed E-state index contributed by atoms with van der Waals surface area (Å²) in [5.41, 5.74) is 2.63. The van der Waals surface area contributed by atoms with Gasteiger partial charge in [-0.25, -0.2) is 9.97 Å². The highest BCUT2D eigenvalue weighted by Crippen LogP contribution is 2.28. The van der Waals surface area contributed by atoms with E-state index in [1.54, 1.807) is 48.0 Å². The Kier molecular flexibility index (Phi) is 5.33. The van der Waals surface area contributed by atoms with E-state index in [2.05, 4.69) is 20.3 Å². The number of non-ortho nitro benzene ring substituents is 1. The van der Waals surface area contributed by atoms with Crippen molar-refractivity contribution in [1.29, 1.82) is 0 Å². The highest BCUT2D eigenvalue weighted by Gasteiger charge is 2.21. The fourth-order valence-electron chi connectivity index (χ4n) is 2.84. The zero-order valence-electron chi connectivity index (χ0n) is 15.4. The zero-order chi connectivity index (χ0) is 21.1. The van der Waals surface area contributed by atoms with Gasteiger partial charge in [-0.3, -0.25) is 20.2 Å². The molecular weight excluding hydrogens is 406 g/mol. The number of anilines is 1. The first-order chi connectivity index (χ1) is 14.5. The van der Waals surface area contributed by atoms with Crippen molar-refractivity contribution in [2.24, 2.45) is 0 Å². The number of carbonyl (C=O) groups excluding carboxylic acids is 1. The number of aromatic nitrogens is 3. The van der Waals surface area contributed by atoms with E-state index in [0.29, 0.717) is 27.8 Å². The maximum absolute atomic E-state index is 12.9. The van der Waals surface area contributed by atoms with Crippen molar-refractivity contribution >= 4 is 28.1 Å². The molecule has 0 fully saturated rings. The number of benzene rings is 2. The molecule has 4 rings (SSSR count). The van der Waals surface area contributed by atoms with Crippen LogP contribution in [-0.2, 0) is 6.61 Å². The van der Waals surface area contributed by atoms with E-state index in [1.165, 1.54) is 23.5 Å². The number of nitro groups is 1. The molecule has 0 aliphatic heterocycles. The second-order valence-electron chi connectivity index (χ2n) is 6.26. The minimum atomic E-state index is -0.479. The Morgan fingerprint density at radius 3 is 2.43 bits per heavy atom. The van der Waals surface area contributed by atoms with E-state index < -0.39 is 10.8 Å². The molecule has 0 aliphatic rings. The van der Waals surface area contributed by atoms with Crippen LogP contribution in [0.4, 0.5) is 10.8 Å². The van der Waals surface area contributed by atoms with Gasteiger partial charge in [0.15, 0.2) is 5.13 Å². The van der Waals surface area contributed by atoms with Crippen molar-refractivity contribution < 1.29 is 14.8 Å². The summed E-state index contributed by atoms with van der Waals surface area (Å²) in [5.74, 6) is -0.0118. The Bertz CT molecular complexity index is 1190. The normalized spacial score (nSPS) is 10.7. The van der Waals surface area contributed by atoms with Gasteiger partial charge >= 0.3 is 0 Å². The number of aliphatic hydroxyl groups excluding tert-OH is 1. The Balaban J connectivity index is 1.75. The minimum Gasteiger partial charge on any atom is -0.392 e. The number of amides is 1. The fraction of sp³-hybridized carbons (Fsp3) is 0.0500. The van der Waals surface area contributed by atoms with E-state index in [0.717, 1.165) is 5.56 Å². The van der Waals surface area contributed by atoms with E-state index in [1.807, 2.05) is 0 Å². The average molecular weight is 421 g/mol. The van der Waals surface area contributed by atoms with Gasteiger partial charge in [0.25, 0.3) is 11.6 Å². The molecule has 0 saturated heterocycles. The standard InChI is InChI=1S/C20H15N5O4S/c26-11-12-1-3-13(4-2-12)16-17(19(27)24-20-21-9-10-30-20)23-18(22-16)14-5-7-15(8-6-14)25(28)29/h1-10,26H,11H2,(H,22,23)(H,21,24,27). The summed E-state index contributed by atoms with van der Waals surface area (Å²) in [5, 5.41) is 25.1. The molecule has 0 radical (unpaired) electrons. The van der Waals surface area contributed by atoms with Crippen molar-refractivity contribution in [3.63, 3.8) is 0 Å². The molecule has 2 aromatic carbocycles. The molecule has 150 valence electrons. The Hall–Kier alpha value is -3.89. The van der Waals surface area contributed by atoms with Gasteiger partial charge < -0.3 is 10.1 Å². The fourth-order valence-corrected chi connectivity index (χ4v) is 3.36. The number of rotatable bonds is 6. The summed E-state index contributed by atoms with van der Waals surface area (Å²) < 4.78 is 0. The summed E-state index contributed by atoms with van der Waals surface area (Å²) in [6.07, 6.45) is 1.59. The monoisotopic (exact) mass is 421 g/mol. The molecule has 30 heavy (non-hydrogen) atoms. The van der Waals surface area contributed by atoms with Gasteiger partial charge in [0, 0.05) is 34.8 Å². The average Bonchev–Trinajstić information content (AvgIpc) is 3.44. The third-order valence-corrected chi connectivity index (χ3v) is 5.03. The molecule has 0 spiro atoms. The summed E-state index contributed by atoms with van der Waals surface area (Å²) >= 11 is 1.29. The van der Waals surface area contributed by atoms with E-state index in [9.17, 15) is 20.0 Å². The number of aliphatic hydroxyl groups is 1. The van der Waals surface area contributed by atoms with Gasteiger partial charge in [-0.1, -0.05) is 24.3 Å². The van der Waals surface area contributed by atoms with Gasteiger partial charge in [-0.05, 0) is 17.7 Å². The first-order valence-electron chi connectivity index (χ1n) is 8.81. The zero-order valence-corrected chi connectivity index (χ0v) is 16.2. The van der Waals surface area contributed by atoms with Crippen molar-refractivity contribution in [3.8, 4) is 22.6 Å². The summed E-state index contributed by atoms with van der Waals surface area (Å²) in [6.45, 7) is -0.0910. The summed E-state index contributed by atoms with van der Waals surface area (Å²) in [4.78, 5) is 34.9. The molecule has 0 saturated carbocycles. The van der Waals surface area contributed by atoms with Crippen LogP contribution < -0.4 is 5.32 Å². The molecule has 0 bridgehead atoms. The number of nitrogens with zero attached hydrogens (tertiary/aromatic N) is 3. The first kappa shape index (κ1) is 19.4. The number of thiazole rings is 1. The third kappa shape index (κ3) is 3.95. The summed E-state index contributed by atoms with van der Waals surface area (Å²) in [6, 6.07) is 12.9.